The topological polar surface area (TPSA) is 88.5 Å². The molecule has 1 saturated carbocycles. The maximum absolute atomic E-state index is 14.1. The van der Waals surface area contributed by atoms with Crippen molar-refractivity contribution in [2.24, 2.45) is 0 Å². The van der Waals surface area contributed by atoms with E-state index in [-0.39, 0.29) is 11.8 Å². The monoisotopic (exact) mass is 530 g/mol. The molecule has 3 aromatic heterocycles. The van der Waals surface area contributed by atoms with Crippen LogP contribution in [0.4, 0.5) is 18.9 Å². The Kier molecular flexibility index (Phi) is 5.36. The van der Waals surface area contributed by atoms with Gasteiger partial charge in [-0.1, -0.05) is 23.7 Å². The minimum absolute atomic E-state index is 0.00268. The maximum atomic E-state index is 14.1. The molecule has 1 fully saturated rings. The molecule has 1 aromatic carbocycles. The summed E-state index contributed by atoms with van der Waals surface area (Å²) < 4.78 is 43.0. The number of benzene rings is 1. The van der Waals surface area contributed by atoms with Gasteiger partial charge in [-0.05, 0) is 56.0 Å². The molecule has 0 bridgehead atoms. The Morgan fingerprint density at radius 2 is 1.86 bits per heavy atom. The van der Waals surface area contributed by atoms with Crippen LogP contribution in [0, 0.1) is 13.8 Å². The number of rotatable bonds is 5. The molecule has 6 rings (SSSR count). The van der Waals surface area contributed by atoms with Crippen LogP contribution in [0.15, 0.2) is 36.5 Å². The number of fused-ring (bicyclic) bond motifs is 2. The minimum atomic E-state index is -4.83. The van der Waals surface area contributed by atoms with E-state index < -0.39 is 24.9 Å². The van der Waals surface area contributed by atoms with Gasteiger partial charge in [0.1, 0.15) is 11.9 Å². The summed E-state index contributed by atoms with van der Waals surface area (Å²) in [4.78, 5) is 15.7. The summed E-state index contributed by atoms with van der Waals surface area (Å²) in [6.07, 6.45) is -4.10. The molecule has 1 aliphatic heterocycles. The minimum Gasteiger partial charge on any atom is -0.382 e. The first kappa shape index (κ1) is 23.9. The van der Waals surface area contributed by atoms with E-state index in [9.17, 15) is 23.1 Å². The van der Waals surface area contributed by atoms with Crippen molar-refractivity contribution in [3.63, 3.8) is 0 Å². The molecule has 12 heteroatoms. The van der Waals surface area contributed by atoms with Crippen LogP contribution < -0.4 is 4.90 Å². The second-order valence-electron chi connectivity index (χ2n) is 9.61. The Balaban J connectivity index is 1.57. The van der Waals surface area contributed by atoms with Crippen molar-refractivity contribution >= 4 is 28.8 Å². The lowest BCUT2D eigenvalue weighted by Crippen LogP contribution is -2.35. The number of aliphatic hydroxyl groups excluding tert-OH is 1. The van der Waals surface area contributed by atoms with Gasteiger partial charge in [-0.3, -0.25) is 18.8 Å². The predicted octanol–water partition coefficient (Wildman–Crippen LogP) is 4.75. The molecule has 8 nitrogen and oxygen atoms in total. The van der Waals surface area contributed by atoms with Gasteiger partial charge < -0.3 is 5.11 Å². The number of hydrogen-bond donors (Lipinski definition) is 1. The smallest absolute Gasteiger partial charge is 0.382 e. The fourth-order valence-corrected chi connectivity index (χ4v) is 5.12. The zero-order valence-electron chi connectivity index (χ0n) is 19.9. The van der Waals surface area contributed by atoms with Gasteiger partial charge in [-0.2, -0.15) is 18.3 Å². The van der Waals surface area contributed by atoms with Crippen LogP contribution in [-0.4, -0.2) is 47.7 Å². The van der Waals surface area contributed by atoms with E-state index >= 15 is 0 Å². The Morgan fingerprint density at radius 3 is 2.51 bits per heavy atom. The molecule has 1 amide bonds. The van der Waals surface area contributed by atoms with E-state index in [1.165, 1.54) is 0 Å². The number of aryl methyl sites for hydroxylation is 2. The Morgan fingerprint density at radius 1 is 1.16 bits per heavy atom. The van der Waals surface area contributed by atoms with Gasteiger partial charge in [0.25, 0.3) is 5.91 Å². The predicted molar refractivity (Wildman–Crippen MR) is 129 cm³/mol. The summed E-state index contributed by atoms with van der Waals surface area (Å²) in [5.41, 5.74) is 3.73. The van der Waals surface area contributed by atoms with Crippen LogP contribution in [0.2, 0.25) is 5.02 Å². The Bertz CT molecular complexity index is 1540. The zero-order valence-corrected chi connectivity index (χ0v) is 20.6. The number of alkyl halides is 3. The summed E-state index contributed by atoms with van der Waals surface area (Å²) >= 11 is 6.12. The lowest BCUT2D eigenvalue weighted by molar-refractivity contribution is -0.208. The quantitative estimate of drug-likeness (QED) is 0.402. The lowest BCUT2D eigenvalue weighted by Gasteiger charge is -2.28. The molecule has 4 aromatic rings. The first-order chi connectivity index (χ1) is 17.5. The summed E-state index contributed by atoms with van der Waals surface area (Å²) in [5, 5.41) is 23.2. The standard InChI is InChI=1S/C25H22ClF3N6O2/c1-12-9-17(10-33-13(2)30-31-23(12)33)35-21(15-5-7-16(26)8-6-15)22-19(24(35)37)20(14-3-4-14)32-34(22)11-18(36)25(27,28)29/h5-10,14,18,21,36H,3-4,11H2,1-2H3. The van der Waals surface area contributed by atoms with Crippen LogP contribution in [0.1, 0.15) is 63.5 Å². The zero-order chi connectivity index (χ0) is 26.2. The third-order valence-electron chi connectivity index (χ3n) is 6.97. The van der Waals surface area contributed by atoms with Gasteiger partial charge >= 0.3 is 6.18 Å². The highest BCUT2D eigenvalue weighted by atomic mass is 35.5. The number of anilines is 1. The van der Waals surface area contributed by atoms with Gasteiger partial charge in [0.05, 0.1) is 29.2 Å². The summed E-state index contributed by atoms with van der Waals surface area (Å²) in [5.74, 6) is 0.275. The molecule has 2 atom stereocenters. The first-order valence-corrected chi connectivity index (χ1v) is 12.2. The van der Waals surface area contributed by atoms with E-state index in [1.807, 2.05) is 13.0 Å². The molecule has 4 heterocycles. The highest BCUT2D eigenvalue weighted by Crippen LogP contribution is 2.49. The molecule has 2 aliphatic rings. The molecule has 1 aliphatic carbocycles. The number of aliphatic hydroxyl groups is 1. The SMILES string of the molecule is Cc1cc(N2C(=O)c3c(C4CC4)nn(CC(O)C(F)(F)F)c3C2c2ccc(Cl)cc2)cn2c(C)nnc12. The second kappa shape index (κ2) is 8.29. The molecule has 37 heavy (non-hydrogen) atoms. The van der Waals surface area contributed by atoms with Crippen molar-refractivity contribution in [2.75, 3.05) is 4.90 Å². The molecular weight excluding hydrogens is 509 g/mol. The number of nitrogens with zero attached hydrogens (tertiary/aromatic N) is 6. The van der Waals surface area contributed by atoms with E-state index in [4.69, 9.17) is 11.6 Å². The highest BCUT2D eigenvalue weighted by Gasteiger charge is 2.48. The average Bonchev–Trinajstić information content (AvgIpc) is 3.43. The molecule has 2 unspecified atom stereocenters. The maximum Gasteiger partial charge on any atom is 0.416 e. The van der Waals surface area contributed by atoms with Crippen molar-refractivity contribution in [3.05, 3.63) is 75.5 Å². The van der Waals surface area contributed by atoms with Gasteiger partial charge in [0.15, 0.2) is 11.8 Å². The molecule has 0 spiro atoms. The van der Waals surface area contributed by atoms with Gasteiger partial charge in [0.2, 0.25) is 0 Å². The van der Waals surface area contributed by atoms with Crippen LogP contribution in [0.25, 0.3) is 5.65 Å². The molecule has 1 N–H and O–H groups in total. The van der Waals surface area contributed by atoms with Crippen molar-refractivity contribution in [2.45, 2.75) is 57.5 Å². The van der Waals surface area contributed by atoms with Gasteiger partial charge in [-0.15, -0.1) is 10.2 Å². The van der Waals surface area contributed by atoms with E-state index in [0.29, 0.717) is 44.7 Å². The number of carbonyl (C=O) groups is 1. The van der Waals surface area contributed by atoms with E-state index in [1.54, 1.807) is 46.7 Å². The van der Waals surface area contributed by atoms with Crippen molar-refractivity contribution in [1.82, 2.24) is 24.4 Å². The number of halogens is 4. The van der Waals surface area contributed by atoms with Crippen molar-refractivity contribution in [1.29, 1.82) is 0 Å². The van der Waals surface area contributed by atoms with Crippen LogP contribution >= 0.6 is 11.6 Å². The molecule has 192 valence electrons. The third kappa shape index (κ3) is 3.88. The largest absolute Gasteiger partial charge is 0.416 e. The number of pyridine rings is 1. The Hall–Kier alpha value is -3.44. The summed E-state index contributed by atoms with van der Waals surface area (Å²) in [7, 11) is 0. The first-order valence-electron chi connectivity index (χ1n) is 11.8. The number of aromatic nitrogens is 5. The van der Waals surface area contributed by atoms with Crippen molar-refractivity contribution in [3.8, 4) is 0 Å². The highest BCUT2D eigenvalue weighted by molar-refractivity contribution is 6.30. The number of carbonyl (C=O) groups excluding carboxylic acids is 1. The third-order valence-corrected chi connectivity index (χ3v) is 7.22. The van der Waals surface area contributed by atoms with Crippen LogP contribution in [0.3, 0.4) is 0 Å². The van der Waals surface area contributed by atoms with Crippen LogP contribution in [0.5, 0.6) is 0 Å². The molecule has 0 saturated heterocycles. The van der Waals surface area contributed by atoms with Gasteiger partial charge in [-0.25, -0.2) is 0 Å². The normalized spacial score (nSPS) is 18.6. The Labute approximate surface area is 214 Å². The molecular formula is C25H22ClF3N6O2. The summed E-state index contributed by atoms with van der Waals surface area (Å²) in [6, 6.07) is 7.85. The summed E-state index contributed by atoms with van der Waals surface area (Å²) in [6.45, 7) is 2.84. The second-order valence-corrected chi connectivity index (χ2v) is 10.0. The lowest BCUT2D eigenvalue weighted by atomic mass is 10.0. The number of hydrogen-bond acceptors (Lipinski definition) is 5. The van der Waals surface area contributed by atoms with Crippen molar-refractivity contribution < 1.29 is 23.1 Å². The average molecular weight is 531 g/mol. The van der Waals surface area contributed by atoms with Gasteiger partial charge in [0, 0.05) is 17.1 Å². The molecule has 0 radical (unpaired) electrons. The fraction of sp³-hybridized carbons (Fsp3) is 0.360. The fourth-order valence-electron chi connectivity index (χ4n) is 5.00. The van der Waals surface area contributed by atoms with E-state index in [2.05, 4.69) is 15.3 Å². The number of amides is 1. The van der Waals surface area contributed by atoms with E-state index in [0.717, 1.165) is 23.1 Å². The van der Waals surface area contributed by atoms with Crippen LogP contribution in [-0.2, 0) is 6.54 Å².